The first-order valence-electron chi connectivity index (χ1n) is 8.74. The average molecular weight is 390 g/mol. The van der Waals surface area contributed by atoms with Gasteiger partial charge >= 0.3 is 0 Å². The third-order valence-corrected chi connectivity index (χ3v) is 6.43. The second-order valence-electron chi connectivity index (χ2n) is 6.88. The molecule has 1 aliphatic rings. The van der Waals surface area contributed by atoms with Gasteiger partial charge in [-0.15, -0.1) is 0 Å². The first-order chi connectivity index (χ1) is 12.8. The normalized spacial score (nSPS) is 21.0. The van der Waals surface area contributed by atoms with Gasteiger partial charge in [-0.25, -0.2) is 23.1 Å². The van der Waals surface area contributed by atoms with Crippen LogP contribution in [0.4, 0.5) is 0 Å². The van der Waals surface area contributed by atoms with E-state index in [-0.39, 0.29) is 17.0 Å². The van der Waals surface area contributed by atoms with Crippen molar-refractivity contribution in [2.45, 2.75) is 36.8 Å². The Balaban J connectivity index is 1.56. The largest absolute Gasteiger partial charge is 0.372 e. The van der Waals surface area contributed by atoms with Crippen LogP contribution in [0.15, 0.2) is 29.7 Å². The summed E-state index contributed by atoms with van der Waals surface area (Å²) in [5.41, 5.74) is 2.35. The Morgan fingerprint density at radius 1 is 1.30 bits per heavy atom. The number of ether oxygens (including phenoxy) is 1. The number of nitrogens with zero attached hydrogens (tertiary/aromatic N) is 5. The molecule has 3 aromatic rings. The molecule has 0 amide bonds. The van der Waals surface area contributed by atoms with Crippen LogP contribution in [0.2, 0.25) is 0 Å². The Morgan fingerprint density at radius 3 is 2.85 bits per heavy atom. The van der Waals surface area contributed by atoms with Gasteiger partial charge in [-0.2, -0.15) is 5.10 Å². The summed E-state index contributed by atoms with van der Waals surface area (Å²) in [6, 6.07) is 1.42. The van der Waals surface area contributed by atoms with Gasteiger partial charge in [-0.3, -0.25) is 4.68 Å². The fraction of sp³-hybridized carbons (Fsp3) is 0.471. The van der Waals surface area contributed by atoms with Crippen LogP contribution < -0.4 is 4.72 Å². The SMILES string of the molecule is Cc1nn(C)c2ncc(S(=O)(=O)N[C@H]3CCO[C@@H](c4cncn4C)C3)cc12. The number of aromatic nitrogens is 5. The lowest BCUT2D eigenvalue weighted by Gasteiger charge is -2.30. The number of pyridine rings is 1. The van der Waals surface area contributed by atoms with Gasteiger partial charge in [-0.05, 0) is 25.8 Å². The van der Waals surface area contributed by atoms with Crippen LogP contribution in [0.5, 0.6) is 0 Å². The Kier molecular flexibility index (Phi) is 4.49. The summed E-state index contributed by atoms with van der Waals surface area (Å²) >= 11 is 0. The van der Waals surface area contributed by atoms with Crippen molar-refractivity contribution in [1.82, 2.24) is 29.0 Å². The molecule has 9 nitrogen and oxygen atoms in total. The molecule has 27 heavy (non-hydrogen) atoms. The van der Waals surface area contributed by atoms with Gasteiger partial charge in [0.1, 0.15) is 11.0 Å². The maximum atomic E-state index is 12.9. The van der Waals surface area contributed by atoms with Crippen molar-refractivity contribution in [2.75, 3.05) is 6.61 Å². The van der Waals surface area contributed by atoms with Gasteiger partial charge in [0.2, 0.25) is 10.0 Å². The number of hydrogen-bond acceptors (Lipinski definition) is 6. The van der Waals surface area contributed by atoms with Crippen molar-refractivity contribution >= 4 is 21.1 Å². The van der Waals surface area contributed by atoms with E-state index < -0.39 is 10.0 Å². The molecule has 0 unspecified atom stereocenters. The molecular weight excluding hydrogens is 368 g/mol. The second-order valence-corrected chi connectivity index (χ2v) is 8.60. The molecule has 4 heterocycles. The Morgan fingerprint density at radius 2 is 2.11 bits per heavy atom. The van der Waals surface area contributed by atoms with E-state index in [2.05, 4.69) is 19.8 Å². The molecule has 1 saturated heterocycles. The third-order valence-electron chi connectivity index (χ3n) is 4.94. The van der Waals surface area contributed by atoms with Crippen molar-refractivity contribution in [1.29, 1.82) is 0 Å². The van der Waals surface area contributed by atoms with Crippen LogP contribution in [-0.4, -0.2) is 45.4 Å². The highest BCUT2D eigenvalue weighted by Gasteiger charge is 2.29. The second kappa shape index (κ2) is 6.70. The molecule has 2 atom stereocenters. The monoisotopic (exact) mass is 390 g/mol. The van der Waals surface area contributed by atoms with Gasteiger partial charge < -0.3 is 9.30 Å². The van der Waals surface area contributed by atoms with E-state index in [1.165, 1.54) is 6.20 Å². The minimum atomic E-state index is -3.69. The van der Waals surface area contributed by atoms with Crippen LogP contribution >= 0.6 is 0 Å². The first kappa shape index (κ1) is 18.1. The van der Waals surface area contributed by atoms with E-state index in [0.717, 1.165) is 16.8 Å². The Hall–Kier alpha value is -2.30. The maximum absolute atomic E-state index is 12.9. The van der Waals surface area contributed by atoms with Crippen LogP contribution in [-0.2, 0) is 28.9 Å². The van der Waals surface area contributed by atoms with Gasteiger partial charge in [0.15, 0.2) is 5.65 Å². The van der Waals surface area contributed by atoms with E-state index in [4.69, 9.17) is 4.74 Å². The zero-order valence-corrected chi connectivity index (χ0v) is 16.3. The standard InChI is InChI=1S/C17H22N6O3S/c1-11-14-7-13(8-19-17(14)23(3)20-11)27(24,25)21-12-4-5-26-16(6-12)15-9-18-10-22(15)2/h7-10,12,16,21H,4-6H2,1-3H3/t12-,16+/m0/s1. The van der Waals surface area contributed by atoms with Crippen molar-refractivity contribution in [3.8, 4) is 0 Å². The van der Waals surface area contributed by atoms with Crippen molar-refractivity contribution in [3.05, 3.63) is 36.2 Å². The molecule has 0 spiro atoms. The zero-order chi connectivity index (χ0) is 19.2. The minimum absolute atomic E-state index is 0.148. The maximum Gasteiger partial charge on any atom is 0.242 e. The van der Waals surface area contributed by atoms with E-state index in [1.54, 1.807) is 30.3 Å². The van der Waals surface area contributed by atoms with E-state index >= 15 is 0 Å². The molecule has 144 valence electrons. The molecule has 1 aliphatic heterocycles. The predicted octanol–water partition coefficient (Wildman–Crippen LogP) is 1.21. The number of rotatable bonds is 4. The molecular formula is C17H22N6O3S. The minimum Gasteiger partial charge on any atom is -0.372 e. The summed E-state index contributed by atoms with van der Waals surface area (Å²) in [5.74, 6) is 0. The predicted molar refractivity (Wildman–Crippen MR) is 98.5 cm³/mol. The number of hydrogen-bond donors (Lipinski definition) is 1. The molecule has 1 fully saturated rings. The fourth-order valence-corrected chi connectivity index (χ4v) is 4.76. The number of sulfonamides is 1. The van der Waals surface area contributed by atoms with Gasteiger partial charge in [-0.1, -0.05) is 0 Å². The van der Waals surface area contributed by atoms with Gasteiger partial charge in [0.05, 0.1) is 23.9 Å². The zero-order valence-electron chi connectivity index (χ0n) is 15.5. The molecule has 10 heteroatoms. The number of nitrogens with one attached hydrogen (secondary N) is 1. The van der Waals surface area contributed by atoms with E-state index in [0.29, 0.717) is 25.1 Å². The number of imidazole rings is 1. The quantitative estimate of drug-likeness (QED) is 0.718. The third kappa shape index (κ3) is 3.35. The summed E-state index contributed by atoms with van der Waals surface area (Å²) < 4.78 is 37.9. The number of aryl methyl sites for hydroxylation is 3. The highest BCUT2D eigenvalue weighted by molar-refractivity contribution is 7.89. The van der Waals surface area contributed by atoms with Gasteiger partial charge in [0.25, 0.3) is 0 Å². The Labute approximate surface area is 157 Å². The van der Waals surface area contributed by atoms with Crippen molar-refractivity contribution < 1.29 is 13.2 Å². The smallest absolute Gasteiger partial charge is 0.242 e. The summed E-state index contributed by atoms with van der Waals surface area (Å²) in [6.45, 7) is 2.33. The number of fused-ring (bicyclic) bond motifs is 1. The molecule has 0 aromatic carbocycles. The summed E-state index contributed by atoms with van der Waals surface area (Å²) in [7, 11) is -0.00229. The van der Waals surface area contributed by atoms with Crippen molar-refractivity contribution in [3.63, 3.8) is 0 Å². The molecule has 0 aliphatic carbocycles. The summed E-state index contributed by atoms with van der Waals surface area (Å²) in [6.07, 6.45) is 5.84. The van der Waals surface area contributed by atoms with Crippen LogP contribution in [0.25, 0.3) is 11.0 Å². The van der Waals surface area contributed by atoms with E-state index in [1.807, 2.05) is 18.5 Å². The van der Waals surface area contributed by atoms with Crippen LogP contribution in [0, 0.1) is 6.92 Å². The molecule has 1 N–H and O–H groups in total. The van der Waals surface area contributed by atoms with Gasteiger partial charge in [0, 0.05) is 38.3 Å². The lowest BCUT2D eigenvalue weighted by Crippen LogP contribution is -2.40. The molecule has 0 saturated carbocycles. The Bertz CT molecular complexity index is 1090. The van der Waals surface area contributed by atoms with E-state index in [9.17, 15) is 8.42 Å². The molecule has 0 radical (unpaired) electrons. The van der Waals surface area contributed by atoms with Crippen LogP contribution in [0.1, 0.15) is 30.3 Å². The summed E-state index contributed by atoms with van der Waals surface area (Å²) in [5, 5.41) is 5.03. The van der Waals surface area contributed by atoms with Crippen molar-refractivity contribution in [2.24, 2.45) is 14.1 Å². The topological polar surface area (TPSA) is 104 Å². The molecule has 3 aromatic heterocycles. The highest BCUT2D eigenvalue weighted by Crippen LogP contribution is 2.28. The lowest BCUT2D eigenvalue weighted by molar-refractivity contribution is -0.0000447. The molecule has 0 bridgehead atoms. The summed E-state index contributed by atoms with van der Waals surface area (Å²) in [4.78, 5) is 8.53. The highest BCUT2D eigenvalue weighted by atomic mass is 32.2. The fourth-order valence-electron chi connectivity index (χ4n) is 3.51. The molecule has 4 rings (SSSR count). The lowest BCUT2D eigenvalue weighted by atomic mass is 10.0. The van der Waals surface area contributed by atoms with Crippen LogP contribution in [0.3, 0.4) is 0 Å². The average Bonchev–Trinajstić information content (AvgIpc) is 3.18. The first-order valence-corrected chi connectivity index (χ1v) is 10.2.